The van der Waals surface area contributed by atoms with Gasteiger partial charge < -0.3 is 20.4 Å². The molecule has 70 valence electrons. The quantitative estimate of drug-likeness (QED) is 0.359. The second-order valence-corrected chi connectivity index (χ2v) is 3.26. The van der Waals surface area contributed by atoms with Crippen molar-refractivity contribution in [2.24, 2.45) is 5.73 Å². The van der Waals surface area contributed by atoms with Crippen LogP contribution in [0.4, 0.5) is 0 Å². The van der Waals surface area contributed by atoms with Crippen LogP contribution >= 0.6 is 0 Å². The van der Waals surface area contributed by atoms with E-state index in [1.807, 2.05) is 12.1 Å². The molecule has 1 heterocycles. The molecule has 0 saturated heterocycles. The van der Waals surface area contributed by atoms with E-state index in [2.05, 4.69) is 4.65 Å². The summed E-state index contributed by atoms with van der Waals surface area (Å²) in [4.78, 5) is 0. The van der Waals surface area contributed by atoms with E-state index in [-0.39, 0.29) is 6.10 Å². The summed E-state index contributed by atoms with van der Waals surface area (Å²) in [5.74, 6) is 0. The molecule has 2 rings (SSSR count). The second-order valence-electron chi connectivity index (χ2n) is 3.26. The number of hydrogen-bond acceptors (Lipinski definition) is 3. The summed E-state index contributed by atoms with van der Waals surface area (Å²) in [5, 5.41) is 19.1. The lowest BCUT2D eigenvalue weighted by Gasteiger charge is -2.19. The molecule has 0 aliphatic carbocycles. The smallest absolute Gasteiger partial charge is 0.595 e. The average Bonchev–Trinajstić information content (AvgIpc) is 2.39. The molecule has 0 spiro atoms. The van der Waals surface area contributed by atoms with E-state index in [1.54, 1.807) is 12.1 Å². The molecule has 1 atom stereocenters. The first-order valence-corrected chi connectivity index (χ1v) is 4.25. The number of hydrogen-bond donors (Lipinski definition) is 3. The van der Waals surface area contributed by atoms with Crippen LogP contribution in [0.15, 0.2) is 24.3 Å². The highest BCUT2D eigenvalue weighted by molar-refractivity contribution is 6.73. The molecule has 5 N–H and O–H groups in total. The van der Waals surface area contributed by atoms with E-state index in [1.165, 1.54) is 0 Å². The maximum absolute atomic E-state index is 9.54. The van der Waals surface area contributed by atoms with Gasteiger partial charge in [0.1, 0.15) is 6.10 Å². The van der Waals surface area contributed by atoms with Crippen molar-refractivity contribution in [2.45, 2.75) is 6.10 Å². The molecule has 1 unspecified atom stereocenters. The third-order valence-corrected chi connectivity index (χ3v) is 2.38. The van der Waals surface area contributed by atoms with Crippen molar-refractivity contribution < 1.29 is 14.7 Å². The lowest BCUT2D eigenvalue weighted by molar-refractivity contribution is -0.0141. The SMILES string of the molecule is NCC1[OH+][B-](O)(O)c2ccccc21. The Hall–Kier alpha value is -0.875. The van der Waals surface area contributed by atoms with E-state index < -0.39 is 6.75 Å². The van der Waals surface area contributed by atoms with Crippen LogP contribution in [0.25, 0.3) is 0 Å². The molecule has 5 heteroatoms. The van der Waals surface area contributed by atoms with Crippen LogP contribution in [0.2, 0.25) is 0 Å². The van der Waals surface area contributed by atoms with Crippen LogP contribution in [0.3, 0.4) is 0 Å². The highest BCUT2D eigenvalue weighted by atomic mass is 16.6. The predicted octanol–water partition coefficient (Wildman–Crippen LogP) is -1.64. The Bertz CT molecular complexity index is 329. The van der Waals surface area contributed by atoms with Gasteiger partial charge in [0.15, 0.2) is 0 Å². The fraction of sp³-hybridized carbons (Fsp3) is 0.250. The number of fused-ring (bicyclic) bond motifs is 1. The maximum atomic E-state index is 9.54. The molecule has 1 aromatic rings. The summed E-state index contributed by atoms with van der Waals surface area (Å²) in [6, 6.07) is 7.10. The van der Waals surface area contributed by atoms with Crippen molar-refractivity contribution >= 4 is 12.2 Å². The second kappa shape index (κ2) is 2.82. The minimum atomic E-state index is -2.71. The third-order valence-electron chi connectivity index (χ3n) is 2.38. The summed E-state index contributed by atoms with van der Waals surface area (Å²) in [5.41, 5.74) is 6.79. The topological polar surface area (TPSA) is 79.3 Å². The van der Waals surface area contributed by atoms with E-state index in [0.717, 1.165) is 5.56 Å². The molecule has 1 aliphatic heterocycles. The Labute approximate surface area is 76.0 Å². The van der Waals surface area contributed by atoms with Gasteiger partial charge in [0.2, 0.25) is 0 Å². The average molecular weight is 181 g/mol. The molecule has 0 radical (unpaired) electrons. The van der Waals surface area contributed by atoms with E-state index >= 15 is 0 Å². The summed E-state index contributed by atoms with van der Waals surface area (Å²) < 4.78 is 3.86. The molecule has 4 nitrogen and oxygen atoms in total. The van der Waals surface area contributed by atoms with E-state index in [9.17, 15) is 10.0 Å². The maximum Gasteiger partial charge on any atom is 0.595 e. The van der Waals surface area contributed by atoms with Crippen molar-refractivity contribution in [3.8, 4) is 0 Å². The Morgan fingerprint density at radius 3 is 2.77 bits per heavy atom. The molecule has 1 aromatic carbocycles. The highest BCUT2D eigenvalue weighted by Gasteiger charge is 2.45. The first kappa shape index (κ1) is 8.71. The lowest BCUT2D eigenvalue weighted by Crippen LogP contribution is -2.50. The van der Waals surface area contributed by atoms with Gasteiger partial charge in [-0.05, 0) is 5.46 Å². The number of nitrogens with two attached hydrogens (primary N) is 1. The van der Waals surface area contributed by atoms with Gasteiger partial charge >= 0.3 is 6.75 Å². The van der Waals surface area contributed by atoms with Gasteiger partial charge in [0, 0.05) is 5.56 Å². The summed E-state index contributed by atoms with van der Waals surface area (Å²) in [6.45, 7) is -2.40. The van der Waals surface area contributed by atoms with Crippen molar-refractivity contribution in [3.05, 3.63) is 29.8 Å². The third kappa shape index (κ3) is 1.26. The van der Waals surface area contributed by atoms with E-state index in [0.29, 0.717) is 12.0 Å². The number of rotatable bonds is 1. The summed E-state index contributed by atoms with van der Waals surface area (Å²) in [6.07, 6.45) is -0.272. The zero-order valence-corrected chi connectivity index (χ0v) is 7.09. The first-order chi connectivity index (χ1) is 6.15. The van der Waals surface area contributed by atoms with Crippen LogP contribution in [0.1, 0.15) is 11.7 Å². The Morgan fingerprint density at radius 1 is 1.38 bits per heavy atom. The van der Waals surface area contributed by atoms with Gasteiger partial charge in [0.25, 0.3) is 0 Å². The number of aliphatic hydroxyl groups is 1. The fourth-order valence-corrected chi connectivity index (χ4v) is 1.77. The molecule has 0 fully saturated rings. The molecule has 0 aromatic heterocycles. The molecule has 0 amide bonds. The minimum absolute atomic E-state index is 0.272. The van der Waals surface area contributed by atoms with Crippen LogP contribution in [-0.4, -0.2) is 28.0 Å². The van der Waals surface area contributed by atoms with E-state index in [4.69, 9.17) is 5.73 Å². The van der Waals surface area contributed by atoms with Gasteiger partial charge in [-0.25, -0.2) is 0 Å². The van der Waals surface area contributed by atoms with Crippen molar-refractivity contribution in [1.29, 1.82) is 0 Å². The van der Waals surface area contributed by atoms with Crippen LogP contribution < -0.4 is 11.2 Å². The number of benzene rings is 1. The lowest BCUT2D eigenvalue weighted by atomic mass is 9.71. The largest absolute Gasteiger partial charge is 0.622 e. The predicted molar refractivity (Wildman–Crippen MR) is 50.3 cm³/mol. The van der Waals surface area contributed by atoms with Gasteiger partial charge in [-0.15, -0.1) is 0 Å². The van der Waals surface area contributed by atoms with Gasteiger partial charge in [-0.2, -0.15) is 0 Å². The van der Waals surface area contributed by atoms with Crippen LogP contribution in [0, 0.1) is 0 Å². The van der Waals surface area contributed by atoms with Crippen LogP contribution in [0.5, 0.6) is 0 Å². The van der Waals surface area contributed by atoms with Gasteiger partial charge in [-0.3, -0.25) is 0 Å². The Balaban J connectivity index is 2.51. The van der Waals surface area contributed by atoms with Gasteiger partial charge in [-0.1, -0.05) is 24.3 Å². The van der Waals surface area contributed by atoms with Crippen molar-refractivity contribution in [2.75, 3.05) is 6.54 Å². The Kier molecular flexibility index (Phi) is 1.89. The minimum Gasteiger partial charge on any atom is -0.622 e. The molecular weight excluding hydrogens is 169 g/mol. The highest BCUT2D eigenvalue weighted by Crippen LogP contribution is 2.22. The van der Waals surface area contributed by atoms with Crippen molar-refractivity contribution in [3.63, 3.8) is 0 Å². The standard InChI is InChI=1S/C8H12BNO3/c10-5-8-6-3-1-2-4-7(6)9(11,12)13-8/h1-4,8,11-13H,5,10H2. The van der Waals surface area contributed by atoms with Crippen LogP contribution in [-0.2, 0) is 0 Å². The summed E-state index contributed by atoms with van der Waals surface area (Å²) in [7, 11) is 0. The molecule has 1 aliphatic rings. The normalized spacial score (nSPS) is 24.4. The Morgan fingerprint density at radius 2 is 2.08 bits per heavy atom. The molecule has 0 saturated carbocycles. The monoisotopic (exact) mass is 181 g/mol. The van der Waals surface area contributed by atoms with Gasteiger partial charge in [0.05, 0.1) is 6.54 Å². The van der Waals surface area contributed by atoms with Crippen molar-refractivity contribution in [1.82, 2.24) is 0 Å². The molecule has 0 bridgehead atoms. The molecular formula is C8H12BNO3. The zero-order chi connectivity index (χ0) is 9.47. The molecule has 13 heavy (non-hydrogen) atoms. The first-order valence-electron chi connectivity index (χ1n) is 4.25. The summed E-state index contributed by atoms with van der Waals surface area (Å²) >= 11 is 0. The zero-order valence-electron chi connectivity index (χ0n) is 7.09. The fourth-order valence-electron chi connectivity index (χ4n) is 1.77.